The van der Waals surface area contributed by atoms with Crippen molar-refractivity contribution in [1.82, 2.24) is 4.90 Å². The lowest BCUT2D eigenvalue weighted by atomic mass is 10.2. The van der Waals surface area contributed by atoms with Gasteiger partial charge >= 0.3 is 0 Å². The molecule has 1 unspecified atom stereocenters. The van der Waals surface area contributed by atoms with Crippen molar-refractivity contribution in [2.75, 3.05) is 18.4 Å². The Morgan fingerprint density at radius 2 is 2.04 bits per heavy atom. The van der Waals surface area contributed by atoms with E-state index in [2.05, 4.69) is 22.3 Å². The van der Waals surface area contributed by atoms with Crippen molar-refractivity contribution in [3.8, 4) is 0 Å². The molecule has 2 aromatic carbocycles. The molecule has 23 heavy (non-hydrogen) atoms. The largest absolute Gasteiger partial charge is 0.375 e. The molecule has 1 fully saturated rings. The van der Waals surface area contributed by atoms with Crippen LogP contribution in [0.5, 0.6) is 0 Å². The van der Waals surface area contributed by atoms with Crippen LogP contribution in [0.15, 0.2) is 48.5 Å². The molecule has 5 nitrogen and oxygen atoms in total. The van der Waals surface area contributed by atoms with Crippen LogP contribution in [0, 0.1) is 10.1 Å². The van der Waals surface area contributed by atoms with E-state index in [1.54, 1.807) is 12.1 Å². The Hall–Kier alpha value is -2.11. The average molecular weight is 332 g/mol. The van der Waals surface area contributed by atoms with Gasteiger partial charge in [-0.15, -0.1) is 0 Å². The van der Waals surface area contributed by atoms with Gasteiger partial charge in [0.2, 0.25) is 0 Å². The number of nitrogens with one attached hydrogen (secondary N) is 1. The summed E-state index contributed by atoms with van der Waals surface area (Å²) in [5.41, 5.74) is 1.84. The van der Waals surface area contributed by atoms with Crippen LogP contribution < -0.4 is 5.32 Å². The van der Waals surface area contributed by atoms with Gasteiger partial charge in [0, 0.05) is 36.8 Å². The van der Waals surface area contributed by atoms with Gasteiger partial charge in [-0.1, -0.05) is 41.9 Å². The van der Waals surface area contributed by atoms with Crippen LogP contribution in [-0.2, 0) is 6.54 Å². The Labute approximate surface area is 140 Å². The second kappa shape index (κ2) is 6.98. The quantitative estimate of drug-likeness (QED) is 0.666. The molecular formula is C17H18ClN3O2. The standard InChI is InChI=1S/C17H18ClN3O2/c18-14-6-7-17(21(22)23)16(10-14)19-15-8-9-20(12-15)11-13-4-2-1-3-5-13/h1-7,10,15,19H,8-9,11-12H2. The first-order valence-electron chi connectivity index (χ1n) is 7.58. The molecule has 2 aromatic rings. The van der Waals surface area contributed by atoms with Gasteiger partial charge in [0.1, 0.15) is 5.69 Å². The Balaban J connectivity index is 1.64. The van der Waals surface area contributed by atoms with Gasteiger partial charge in [0.25, 0.3) is 5.69 Å². The Morgan fingerprint density at radius 3 is 2.78 bits per heavy atom. The van der Waals surface area contributed by atoms with Gasteiger partial charge in [0.15, 0.2) is 0 Å². The number of likely N-dealkylation sites (tertiary alicyclic amines) is 1. The van der Waals surface area contributed by atoms with E-state index < -0.39 is 0 Å². The highest BCUT2D eigenvalue weighted by molar-refractivity contribution is 6.31. The summed E-state index contributed by atoms with van der Waals surface area (Å²) in [6.45, 7) is 2.73. The van der Waals surface area contributed by atoms with Crippen LogP contribution >= 0.6 is 11.6 Å². The third-order valence-corrected chi connectivity index (χ3v) is 4.27. The maximum absolute atomic E-state index is 11.1. The number of anilines is 1. The topological polar surface area (TPSA) is 58.4 Å². The molecular weight excluding hydrogens is 314 g/mol. The summed E-state index contributed by atoms with van der Waals surface area (Å²) < 4.78 is 0. The van der Waals surface area contributed by atoms with Crippen LogP contribution in [0.2, 0.25) is 5.02 Å². The van der Waals surface area contributed by atoms with Gasteiger partial charge in [-0.3, -0.25) is 15.0 Å². The van der Waals surface area contributed by atoms with Crippen molar-refractivity contribution < 1.29 is 4.92 Å². The highest BCUT2D eigenvalue weighted by Gasteiger charge is 2.24. The number of hydrogen-bond acceptors (Lipinski definition) is 4. The second-order valence-electron chi connectivity index (χ2n) is 5.77. The first-order chi connectivity index (χ1) is 11.1. The number of benzene rings is 2. The van der Waals surface area contributed by atoms with Crippen LogP contribution in [0.1, 0.15) is 12.0 Å². The lowest BCUT2D eigenvalue weighted by molar-refractivity contribution is -0.384. The van der Waals surface area contributed by atoms with Crippen molar-refractivity contribution in [3.63, 3.8) is 0 Å². The fraction of sp³-hybridized carbons (Fsp3) is 0.294. The molecule has 0 bridgehead atoms. The van der Waals surface area contributed by atoms with E-state index >= 15 is 0 Å². The number of halogens is 1. The Kier molecular flexibility index (Phi) is 4.79. The summed E-state index contributed by atoms with van der Waals surface area (Å²) in [7, 11) is 0. The SMILES string of the molecule is O=[N+]([O-])c1ccc(Cl)cc1NC1CCN(Cc2ccccc2)C1. The number of nitrogens with zero attached hydrogens (tertiary/aromatic N) is 2. The summed E-state index contributed by atoms with van der Waals surface area (Å²) in [4.78, 5) is 13.1. The molecule has 1 heterocycles. The maximum Gasteiger partial charge on any atom is 0.292 e. The van der Waals surface area contributed by atoms with E-state index in [1.807, 2.05) is 18.2 Å². The van der Waals surface area contributed by atoms with E-state index in [9.17, 15) is 10.1 Å². The number of nitro groups is 1. The van der Waals surface area contributed by atoms with E-state index in [0.29, 0.717) is 10.7 Å². The number of hydrogen-bond donors (Lipinski definition) is 1. The summed E-state index contributed by atoms with van der Waals surface area (Å²) in [6, 6.07) is 15.1. The van der Waals surface area contributed by atoms with E-state index in [-0.39, 0.29) is 16.7 Å². The molecule has 1 aliphatic rings. The monoisotopic (exact) mass is 331 g/mol. The molecule has 0 aromatic heterocycles. The summed E-state index contributed by atoms with van der Waals surface area (Å²) in [5.74, 6) is 0. The fourth-order valence-corrected chi connectivity index (χ4v) is 3.11. The van der Waals surface area contributed by atoms with Crippen molar-refractivity contribution in [2.24, 2.45) is 0 Å². The Morgan fingerprint density at radius 1 is 1.26 bits per heavy atom. The predicted molar refractivity (Wildman–Crippen MR) is 91.9 cm³/mol. The van der Waals surface area contributed by atoms with Crippen LogP contribution in [0.3, 0.4) is 0 Å². The van der Waals surface area contributed by atoms with Crippen molar-refractivity contribution in [2.45, 2.75) is 19.0 Å². The molecule has 120 valence electrons. The third kappa shape index (κ3) is 4.00. The maximum atomic E-state index is 11.1. The second-order valence-corrected chi connectivity index (χ2v) is 6.21. The Bertz CT molecular complexity index is 693. The summed E-state index contributed by atoms with van der Waals surface area (Å²) >= 11 is 5.97. The highest BCUT2D eigenvalue weighted by atomic mass is 35.5. The van der Waals surface area contributed by atoms with Crippen molar-refractivity contribution in [1.29, 1.82) is 0 Å². The summed E-state index contributed by atoms with van der Waals surface area (Å²) in [5, 5.41) is 14.9. The van der Waals surface area contributed by atoms with Crippen LogP contribution in [0.25, 0.3) is 0 Å². The molecule has 0 radical (unpaired) electrons. The third-order valence-electron chi connectivity index (χ3n) is 4.04. The van der Waals surface area contributed by atoms with Gasteiger partial charge in [-0.2, -0.15) is 0 Å². The lowest BCUT2D eigenvalue weighted by Crippen LogP contribution is -2.26. The van der Waals surface area contributed by atoms with Crippen LogP contribution in [-0.4, -0.2) is 29.0 Å². The minimum atomic E-state index is -0.380. The molecule has 1 saturated heterocycles. The molecule has 1 N–H and O–H groups in total. The molecule has 6 heteroatoms. The number of rotatable bonds is 5. The number of nitro benzene ring substituents is 1. The lowest BCUT2D eigenvalue weighted by Gasteiger charge is -2.17. The van der Waals surface area contributed by atoms with Crippen molar-refractivity contribution >= 4 is 23.0 Å². The zero-order valence-corrected chi connectivity index (χ0v) is 13.4. The minimum absolute atomic E-state index is 0.0657. The fourth-order valence-electron chi connectivity index (χ4n) is 2.94. The molecule has 1 aliphatic heterocycles. The highest BCUT2D eigenvalue weighted by Crippen LogP contribution is 2.29. The minimum Gasteiger partial charge on any atom is -0.375 e. The molecule has 0 spiro atoms. The molecule has 3 rings (SSSR count). The predicted octanol–water partition coefficient (Wildman–Crippen LogP) is 3.93. The first-order valence-corrected chi connectivity index (χ1v) is 7.96. The smallest absolute Gasteiger partial charge is 0.292 e. The molecule has 0 saturated carbocycles. The molecule has 1 atom stereocenters. The van der Waals surface area contributed by atoms with Gasteiger partial charge in [-0.05, 0) is 24.1 Å². The zero-order chi connectivity index (χ0) is 16.2. The first kappa shape index (κ1) is 15.8. The zero-order valence-electron chi connectivity index (χ0n) is 12.6. The van der Waals surface area contributed by atoms with Crippen molar-refractivity contribution in [3.05, 3.63) is 69.2 Å². The normalized spacial score (nSPS) is 18.0. The van der Waals surface area contributed by atoms with E-state index in [1.165, 1.54) is 11.6 Å². The summed E-state index contributed by atoms with van der Waals surface area (Å²) in [6.07, 6.45) is 0.955. The molecule has 0 amide bonds. The van der Waals surface area contributed by atoms with Gasteiger partial charge in [0.05, 0.1) is 4.92 Å². The van der Waals surface area contributed by atoms with Crippen LogP contribution in [0.4, 0.5) is 11.4 Å². The van der Waals surface area contributed by atoms with E-state index in [4.69, 9.17) is 11.6 Å². The average Bonchev–Trinajstić information content (AvgIpc) is 2.95. The van der Waals surface area contributed by atoms with Gasteiger partial charge in [-0.25, -0.2) is 0 Å². The van der Waals surface area contributed by atoms with Gasteiger partial charge < -0.3 is 5.32 Å². The molecule has 0 aliphatic carbocycles. The van der Waals surface area contributed by atoms with E-state index in [0.717, 1.165) is 26.1 Å².